The topological polar surface area (TPSA) is 74.3 Å². The number of hydrogen-bond acceptors (Lipinski definition) is 3. The Labute approximate surface area is 133 Å². The van der Waals surface area contributed by atoms with E-state index in [1.54, 1.807) is 30.3 Å². The number of aryl methyl sites for hydroxylation is 1. The van der Waals surface area contributed by atoms with E-state index in [4.69, 9.17) is 10.5 Å². The van der Waals surface area contributed by atoms with Gasteiger partial charge in [0, 0.05) is 35.3 Å². The third-order valence-corrected chi connectivity index (χ3v) is 3.79. The van der Waals surface area contributed by atoms with Crippen molar-refractivity contribution < 1.29 is 14.3 Å². The van der Waals surface area contributed by atoms with Gasteiger partial charge in [0.1, 0.15) is 6.61 Å². The standard InChI is InChI=1S/C18H16N2O3/c1-20-10-9-14-15(7-4-8-16(14)20)18(22)23-11-12-5-2-3-6-13(12)17(19)21/h2-10H,11H2,1H3,(H2,19,21). The van der Waals surface area contributed by atoms with E-state index in [0.29, 0.717) is 16.7 Å². The highest BCUT2D eigenvalue weighted by Gasteiger charge is 2.14. The van der Waals surface area contributed by atoms with Crippen LogP contribution in [0.15, 0.2) is 54.7 Å². The zero-order chi connectivity index (χ0) is 16.4. The predicted molar refractivity (Wildman–Crippen MR) is 87.0 cm³/mol. The second-order valence-corrected chi connectivity index (χ2v) is 5.26. The molecule has 0 aliphatic heterocycles. The quantitative estimate of drug-likeness (QED) is 0.753. The molecule has 2 aromatic carbocycles. The molecule has 0 atom stereocenters. The van der Waals surface area contributed by atoms with Crippen LogP contribution in [0.4, 0.5) is 0 Å². The van der Waals surface area contributed by atoms with Gasteiger partial charge in [0.2, 0.25) is 5.91 Å². The second-order valence-electron chi connectivity index (χ2n) is 5.26. The SMILES string of the molecule is Cn1ccc2c(C(=O)OCc3ccccc3C(N)=O)cccc21. The third kappa shape index (κ3) is 2.81. The summed E-state index contributed by atoms with van der Waals surface area (Å²) in [5, 5.41) is 0.836. The maximum Gasteiger partial charge on any atom is 0.339 e. The molecule has 116 valence electrons. The van der Waals surface area contributed by atoms with Crippen molar-refractivity contribution in [3.05, 3.63) is 71.4 Å². The molecule has 0 bridgehead atoms. The van der Waals surface area contributed by atoms with Crippen LogP contribution in [0.25, 0.3) is 10.9 Å². The first-order valence-corrected chi connectivity index (χ1v) is 7.17. The lowest BCUT2D eigenvalue weighted by molar-refractivity contribution is 0.0473. The van der Waals surface area contributed by atoms with E-state index < -0.39 is 11.9 Å². The minimum absolute atomic E-state index is 0.00116. The monoisotopic (exact) mass is 308 g/mol. The number of nitrogens with zero attached hydrogens (tertiary/aromatic N) is 1. The fraction of sp³-hybridized carbons (Fsp3) is 0.111. The minimum atomic E-state index is -0.540. The molecule has 1 aromatic heterocycles. The average molecular weight is 308 g/mol. The summed E-state index contributed by atoms with van der Waals surface area (Å²) in [4.78, 5) is 23.8. The number of nitrogens with two attached hydrogens (primary N) is 1. The van der Waals surface area contributed by atoms with Crippen LogP contribution in [-0.2, 0) is 18.4 Å². The molecule has 0 fully saturated rings. The van der Waals surface area contributed by atoms with Gasteiger partial charge in [-0.25, -0.2) is 4.79 Å². The van der Waals surface area contributed by atoms with Crippen molar-refractivity contribution in [1.29, 1.82) is 0 Å². The van der Waals surface area contributed by atoms with Gasteiger partial charge in [-0.2, -0.15) is 0 Å². The summed E-state index contributed by atoms with van der Waals surface area (Å²) >= 11 is 0. The van der Waals surface area contributed by atoms with E-state index in [2.05, 4.69) is 0 Å². The van der Waals surface area contributed by atoms with E-state index in [9.17, 15) is 9.59 Å². The Morgan fingerprint density at radius 1 is 1.04 bits per heavy atom. The third-order valence-electron chi connectivity index (χ3n) is 3.79. The number of amides is 1. The number of carbonyl (C=O) groups excluding carboxylic acids is 2. The smallest absolute Gasteiger partial charge is 0.339 e. The molecule has 0 spiro atoms. The summed E-state index contributed by atoms with van der Waals surface area (Å²) in [6, 6.07) is 14.2. The van der Waals surface area contributed by atoms with E-state index in [1.807, 2.05) is 36.0 Å². The first-order chi connectivity index (χ1) is 11.1. The number of esters is 1. The molecule has 5 nitrogen and oxygen atoms in total. The number of hydrogen-bond donors (Lipinski definition) is 1. The van der Waals surface area contributed by atoms with Gasteiger partial charge in [-0.15, -0.1) is 0 Å². The van der Waals surface area contributed by atoms with Crippen molar-refractivity contribution in [2.24, 2.45) is 12.8 Å². The zero-order valence-electron chi connectivity index (χ0n) is 12.7. The number of primary amides is 1. The number of ether oxygens (including phenoxy) is 1. The number of rotatable bonds is 4. The molecule has 0 saturated carbocycles. The van der Waals surface area contributed by atoms with Gasteiger partial charge < -0.3 is 15.0 Å². The van der Waals surface area contributed by atoms with Crippen LogP contribution in [-0.4, -0.2) is 16.4 Å². The number of fused-ring (bicyclic) bond motifs is 1. The zero-order valence-corrected chi connectivity index (χ0v) is 12.7. The molecule has 0 aliphatic rings. The van der Waals surface area contributed by atoms with Gasteiger partial charge >= 0.3 is 5.97 Å². The molecule has 0 aliphatic carbocycles. The summed E-state index contributed by atoms with van der Waals surface area (Å²) < 4.78 is 7.31. The summed E-state index contributed by atoms with van der Waals surface area (Å²) in [5.41, 5.74) is 7.73. The van der Waals surface area contributed by atoms with Gasteiger partial charge in [-0.1, -0.05) is 24.3 Å². The minimum Gasteiger partial charge on any atom is -0.457 e. The summed E-state index contributed by atoms with van der Waals surface area (Å²) in [7, 11) is 1.92. The van der Waals surface area contributed by atoms with Crippen molar-refractivity contribution >= 4 is 22.8 Å². The maximum absolute atomic E-state index is 12.4. The Hall–Kier alpha value is -3.08. The highest BCUT2D eigenvalue weighted by Crippen LogP contribution is 2.21. The maximum atomic E-state index is 12.4. The van der Waals surface area contributed by atoms with Crippen LogP contribution >= 0.6 is 0 Å². The molecule has 5 heteroatoms. The Bertz CT molecular complexity index is 896. The van der Waals surface area contributed by atoms with E-state index in [1.165, 1.54) is 0 Å². The molecule has 0 radical (unpaired) electrons. The van der Waals surface area contributed by atoms with E-state index >= 15 is 0 Å². The fourth-order valence-electron chi connectivity index (χ4n) is 2.59. The van der Waals surface area contributed by atoms with Gasteiger partial charge in [0.05, 0.1) is 5.56 Å². The van der Waals surface area contributed by atoms with Crippen molar-refractivity contribution in [1.82, 2.24) is 4.57 Å². The molecular weight excluding hydrogens is 292 g/mol. The Morgan fingerprint density at radius 3 is 2.57 bits per heavy atom. The Balaban J connectivity index is 1.84. The van der Waals surface area contributed by atoms with Gasteiger partial charge in [-0.3, -0.25) is 4.79 Å². The Kier molecular flexibility index (Phi) is 3.85. The van der Waals surface area contributed by atoms with E-state index in [0.717, 1.165) is 10.9 Å². The van der Waals surface area contributed by atoms with Crippen LogP contribution in [0.2, 0.25) is 0 Å². The lowest BCUT2D eigenvalue weighted by Crippen LogP contribution is -2.15. The molecular formula is C18H16N2O3. The largest absolute Gasteiger partial charge is 0.457 e. The van der Waals surface area contributed by atoms with Gasteiger partial charge in [0.15, 0.2) is 0 Å². The first-order valence-electron chi connectivity index (χ1n) is 7.17. The molecule has 0 saturated heterocycles. The van der Waals surface area contributed by atoms with Crippen LogP contribution in [0.5, 0.6) is 0 Å². The molecule has 0 unspecified atom stereocenters. The first kappa shape index (κ1) is 14.8. The lowest BCUT2D eigenvalue weighted by Gasteiger charge is -2.09. The highest BCUT2D eigenvalue weighted by atomic mass is 16.5. The normalized spacial score (nSPS) is 10.7. The molecule has 1 amide bonds. The molecule has 2 N–H and O–H groups in total. The van der Waals surface area contributed by atoms with Gasteiger partial charge in [-0.05, 0) is 24.3 Å². The van der Waals surface area contributed by atoms with Crippen molar-refractivity contribution in [2.45, 2.75) is 6.61 Å². The molecule has 1 heterocycles. The summed E-state index contributed by atoms with van der Waals surface area (Å²) in [6.45, 7) is 0.00116. The van der Waals surface area contributed by atoms with Crippen molar-refractivity contribution in [3.8, 4) is 0 Å². The molecule has 23 heavy (non-hydrogen) atoms. The molecule has 3 rings (SSSR count). The molecule has 3 aromatic rings. The van der Waals surface area contributed by atoms with E-state index in [-0.39, 0.29) is 6.61 Å². The average Bonchev–Trinajstić information content (AvgIpc) is 2.94. The summed E-state index contributed by atoms with van der Waals surface area (Å²) in [6.07, 6.45) is 1.89. The highest BCUT2D eigenvalue weighted by molar-refractivity contribution is 6.04. The van der Waals surface area contributed by atoms with Crippen molar-refractivity contribution in [2.75, 3.05) is 0 Å². The van der Waals surface area contributed by atoms with Crippen LogP contribution < -0.4 is 5.73 Å². The van der Waals surface area contributed by atoms with Crippen LogP contribution in [0, 0.1) is 0 Å². The fourth-order valence-corrected chi connectivity index (χ4v) is 2.59. The number of carbonyl (C=O) groups is 2. The Morgan fingerprint density at radius 2 is 1.78 bits per heavy atom. The number of aromatic nitrogens is 1. The predicted octanol–water partition coefficient (Wildman–Crippen LogP) is 2.63. The van der Waals surface area contributed by atoms with Crippen molar-refractivity contribution in [3.63, 3.8) is 0 Å². The lowest BCUT2D eigenvalue weighted by atomic mass is 10.1. The second kappa shape index (κ2) is 5.96. The summed E-state index contributed by atoms with van der Waals surface area (Å²) in [5.74, 6) is -0.970. The van der Waals surface area contributed by atoms with Crippen LogP contribution in [0.1, 0.15) is 26.3 Å². The van der Waals surface area contributed by atoms with Gasteiger partial charge in [0.25, 0.3) is 0 Å². The van der Waals surface area contributed by atoms with Crippen LogP contribution in [0.3, 0.4) is 0 Å². The number of benzene rings is 2.